The maximum Gasteiger partial charge on any atom is 0.389 e. The summed E-state index contributed by atoms with van der Waals surface area (Å²) in [5, 5.41) is 13.4. The summed E-state index contributed by atoms with van der Waals surface area (Å²) in [6.45, 7) is -0.125. The zero-order valence-corrected chi connectivity index (χ0v) is 10.9. The van der Waals surface area contributed by atoms with Gasteiger partial charge in [-0.15, -0.1) is 0 Å². The first-order valence-electron chi connectivity index (χ1n) is 6.04. The summed E-state index contributed by atoms with van der Waals surface area (Å²) in [6, 6.07) is 1.97. The van der Waals surface area contributed by atoms with E-state index in [4.69, 9.17) is 5.11 Å². The Kier molecular flexibility index (Phi) is 5.94. The zero-order chi connectivity index (χ0) is 15.9. The summed E-state index contributed by atoms with van der Waals surface area (Å²) >= 11 is 0. The van der Waals surface area contributed by atoms with E-state index in [1.165, 1.54) is 18.3 Å². The van der Waals surface area contributed by atoms with Crippen molar-refractivity contribution in [2.24, 2.45) is 0 Å². The number of nitrogens with zero attached hydrogens (tertiary/aromatic N) is 1. The molecule has 1 rings (SSSR count). The molecule has 3 N–H and O–H groups in total. The molecule has 0 saturated heterocycles. The lowest BCUT2D eigenvalue weighted by Gasteiger charge is -2.09. The Labute approximate surface area is 118 Å². The summed E-state index contributed by atoms with van der Waals surface area (Å²) in [5.74, 6) is -1.12. The summed E-state index contributed by atoms with van der Waals surface area (Å²) in [5.41, 5.74) is 0.368. The van der Waals surface area contributed by atoms with Gasteiger partial charge in [0.15, 0.2) is 0 Å². The normalized spacial score (nSPS) is 11.0. The quantitative estimate of drug-likeness (QED) is 0.700. The van der Waals surface area contributed by atoms with Crippen molar-refractivity contribution in [1.29, 1.82) is 0 Å². The third kappa shape index (κ3) is 7.14. The van der Waals surface area contributed by atoms with Gasteiger partial charge in [0.2, 0.25) is 0 Å². The van der Waals surface area contributed by atoms with Gasteiger partial charge in [-0.25, -0.2) is 9.59 Å². The van der Waals surface area contributed by atoms with Gasteiger partial charge in [-0.1, -0.05) is 0 Å². The molecule has 0 atom stereocenters. The van der Waals surface area contributed by atoms with Gasteiger partial charge in [0.25, 0.3) is 0 Å². The molecule has 0 aliphatic carbocycles. The number of rotatable bonds is 6. The lowest BCUT2D eigenvalue weighted by molar-refractivity contribution is -0.135. The van der Waals surface area contributed by atoms with Crippen molar-refractivity contribution in [3.05, 3.63) is 29.6 Å². The minimum atomic E-state index is -4.24. The molecule has 0 spiro atoms. The third-order valence-corrected chi connectivity index (χ3v) is 2.42. The standard InChI is InChI=1S/C12H14F3N3O3/c13-12(14,15)3-1-4-17-11(21)18-7-9-6-8(10(19)20)2-5-16-9/h2,5-6H,1,3-4,7H2,(H,19,20)(H2,17,18,21). The van der Waals surface area contributed by atoms with E-state index in [1.54, 1.807) is 0 Å². The van der Waals surface area contributed by atoms with Crippen molar-refractivity contribution in [2.45, 2.75) is 25.6 Å². The molecular formula is C12H14F3N3O3. The van der Waals surface area contributed by atoms with Gasteiger partial charge in [-0.2, -0.15) is 13.2 Å². The fourth-order valence-electron chi connectivity index (χ4n) is 1.43. The highest BCUT2D eigenvalue weighted by Gasteiger charge is 2.25. The van der Waals surface area contributed by atoms with Crippen LogP contribution in [0.15, 0.2) is 18.3 Å². The van der Waals surface area contributed by atoms with Crippen molar-refractivity contribution < 1.29 is 27.9 Å². The number of hydrogen-bond donors (Lipinski definition) is 3. The van der Waals surface area contributed by atoms with E-state index in [0.717, 1.165) is 0 Å². The number of carbonyl (C=O) groups excluding carboxylic acids is 1. The fourth-order valence-corrected chi connectivity index (χ4v) is 1.43. The Morgan fingerprint density at radius 3 is 2.62 bits per heavy atom. The SMILES string of the molecule is O=C(NCCCC(F)(F)F)NCc1cc(C(=O)O)ccn1. The molecule has 0 aliphatic rings. The maximum absolute atomic E-state index is 11.9. The third-order valence-electron chi connectivity index (χ3n) is 2.42. The molecule has 0 bridgehead atoms. The molecule has 1 heterocycles. The van der Waals surface area contributed by atoms with Crippen LogP contribution >= 0.6 is 0 Å². The summed E-state index contributed by atoms with van der Waals surface area (Å²) in [6.07, 6.45) is -4.11. The minimum Gasteiger partial charge on any atom is -0.478 e. The Morgan fingerprint density at radius 2 is 2.00 bits per heavy atom. The number of urea groups is 1. The first kappa shape index (κ1) is 16.7. The molecule has 2 amide bonds. The van der Waals surface area contributed by atoms with E-state index < -0.39 is 24.6 Å². The van der Waals surface area contributed by atoms with Crippen LogP contribution in [0.25, 0.3) is 0 Å². The molecule has 0 radical (unpaired) electrons. The molecule has 0 saturated carbocycles. The van der Waals surface area contributed by atoms with Crippen LogP contribution in [0.3, 0.4) is 0 Å². The topological polar surface area (TPSA) is 91.3 Å². The monoisotopic (exact) mass is 305 g/mol. The van der Waals surface area contributed by atoms with Gasteiger partial charge >= 0.3 is 18.2 Å². The van der Waals surface area contributed by atoms with Gasteiger partial charge in [-0.3, -0.25) is 4.98 Å². The van der Waals surface area contributed by atoms with Crippen molar-refractivity contribution in [3.63, 3.8) is 0 Å². The molecule has 0 unspecified atom stereocenters. The lowest BCUT2D eigenvalue weighted by Crippen LogP contribution is -2.36. The predicted molar refractivity (Wildman–Crippen MR) is 66.7 cm³/mol. The molecule has 6 nitrogen and oxygen atoms in total. The van der Waals surface area contributed by atoms with E-state index in [-0.39, 0.29) is 25.1 Å². The summed E-state index contributed by atoms with van der Waals surface area (Å²) in [7, 11) is 0. The van der Waals surface area contributed by atoms with Crippen LogP contribution in [-0.2, 0) is 6.54 Å². The molecule has 1 aromatic heterocycles. The second-order valence-corrected chi connectivity index (χ2v) is 4.17. The molecule has 21 heavy (non-hydrogen) atoms. The molecule has 0 aromatic carbocycles. The molecular weight excluding hydrogens is 291 g/mol. The maximum atomic E-state index is 11.9. The van der Waals surface area contributed by atoms with Crippen LogP contribution in [0, 0.1) is 0 Å². The molecule has 116 valence electrons. The first-order chi connectivity index (χ1) is 9.78. The van der Waals surface area contributed by atoms with E-state index in [9.17, 15) is 22.8 Å². The average molecular weight is 305 g/mol. The minimum absolute atomic E-state index is 0.0216. The van der Waals surface area contributed by atoms with Gasteiger partial charge in [-0.05, 0) is 18.6 Å². The van der Waals surface area contributed by atoms with Crippen LogP contribution in [0.4, 0.5) is 18.0 Å². The smallest absolute Gasteiger partial charge is 0.389 e. The Hall–Kier alpha value is -2.32. The highest BCUT2D eigenvalue weighted by Crippen LogP contribution is 2.20. The van der Waals surface area contributed by atoms with Crippen LogP contribution in [0.2, 0.25) is 0 Å². The zero-order valence-electron chi connectivity index (χ0n) is 10.9. The number of nitrogens with one attached hydrogen (secondary N) is 2. The largest absolute Gasteiger partial charge is 0.478 e. The number of carboxylic acids is 1. The number of carboxylic acid groups (broad SMARTS) is 1. The van der Waals surface area contributed by atoms with Crippen LogP contribution in [-0.4, -0.2) is 34.8 Å². The molecule has 0 aliphatic heterocycles. The molecule has 1 aromatic rings. The van der Waals surface area contributed by atoms with Gasteiger partial charge in [0.05, 0.1) is 17.8 Å². The van der Waals surface area contributed by atoms with Crippen molar-refractivity contribution in [1.82, 2.24) is 15.6 Å². The molecule has 0 fully saturated rings. The molecule has 9 heteroatoms. The van der Waals surface area contributed by atoms with Gasteiger partial charge < -0.3 is 15.7 Å². The lowest BCUT2D eigenvalue weighted by atomic mass is 10.2. The number of pyridine rings is 1. The van der Waals surface area contributed by atoms with Crippen molar-refractivity contribution >= 4 is 12.0 Å². The van der Waals surface area contributed by atoms with E-state index in [0.29, 0.717) is 5.69 Å². The number of carbonyl (C=O) groups is 2. The second kappa shape index (κ2) is 7.46. The van der Waals surface area contributed by atoms with Crippen LogP contribution in [0.5, 0.6) is 0 Å². The number of aromatic carboxylic acids is 1. The first-order valence-corrected chi connectivity index (χ1v) is 6.04. The van der Waals surface area contributed by atoms with E-state index in [2.05, 4.69) is 15.6 Å². The number of aromatic nitrogens is 1. The van der Waals surface area contributed by atoms with E-state index in [1.807, 2.05) is 0 Å². The Morgan fingerprint density at radius 1 is 1.29 bits per heavy atom. The van der Waals surface area contributed by atoms with Gasteiger partial charge in [0, 0.05) is 19.2 Å². The van der Waals surface area contributed by atoms with Crippen LogP contribution < -0.4 is 10.6 Å². The number of halogens is 3. The summed E-state index contributed by atoms with van der Waals surface area (Å²) in [4.78, 5) is 25.9. The second-order valence-electron chi connectivity index (χ2n) is 4.17. The number of alkyl halides is 3. The van der Waals surface area contributed by atoms with Crippen LogP contribution in [0.1, 0.15) is 28.9 Å². The predicted octanol–water partition coefficient (Wildman–Crippen LogP) is 1.92. The Bertz CT molecular complexity index is 506. The highest BCUT2D eigenvalue weighted by atomic mass is 19.4. The van der Waals surface area contributed by atoms with E-state index >= 15 is 0 Å². The fraction of sp³-hybridized carbons (Fsp3) is 0.417. The van der Waals surface area contributed by atoms with Crippen molar-refractivity contribution in [2.75, 3.05) is 6.54 Å². The summed E-state index contributed by atoms with van der Waals surface area (Å²) < 4.78 is 35.6. The average Bonchev–Trinajstić information content (AvgIpc) is 2.40. The Balaban J connectivity index is 2.30. The van der Waals surface area contributed by atoms with Crippen molar-refractivity contribution in [3.8, 4) is 0 Å². The van der Waals surface area contributed by atoms with Gasteiger partial charge in [0.1, 0.15) is 0 Å². The number of amides is 2. The highest BCUT2D eigenvalue weighted by molar-refractivity contribution is 5.87. The number of hydrogen-bond acceptors (Lipinski definition) is 3.